The molecule has 3 amide bonds. The quantitative estimate of drug-likeness (QED) is 0.682. The summed E-state index contributed by atoms with van der Waals surface area (Å²) in [5.74, 6) is -0.372. The van der Waals surface area contributed by atoms with Gasteiger partial charge in [-0.05, 0) is 52.7 Å². The fourth-order valence-corrected chi connectivity index (χ4v) is 2.63. The van der Waals surface area contributed by atoms with Gasteiger partial charge in [-0.15, -0.1) is 0 Å². The molecule has 0 saturated carbocycles. The average Bonchev–Trinajstić information content (AvgIpc) is 3.02. The molecule has 0 radical (unpaired) electrons. The van der Waals surface area contributed by atoms with E-state index >= 15 is 0 Å². The minimum atomic E-state index is -0.459. The summed E-state index contributed by atoms with van der Waals surface area (Å²) in [4.78, 5) is 25.3. The van der Waals surface area contributed by atoms with Gasteiger partial charge in [0.15, 0.2) is 0 Å². The molecule has 1 fully saturated rings. The van der Waals surface area contributed by atoms with E-state index in [0.29, 0.717) is 10.7 Å². The van der Waals surface area contributed by atoms with Gasteiger partial charge in [-0.25, -0.2) is 9.69 Å². The van der Waals surface area contributed by atoms with Gasteiger partial charge in [-0.1, -0.05) is 11.6 Å². The summed E-state index contributed by atoms with van der Waals surface area (Å²) < 4.78 is 0. The molecule has 100 valence electrons. The van der Waals surface area contributed by atoms with Crippen molar-refractivity contribution in [3.63, 3.8) is 0 Å². The molecule has 1 aromatic heterocycles. The van der Waals surface area contributed by atoms with Gasteiger partial charge >= 0.3 is 6.03 Å². The second-order valence-electron chi connectivity index (χ2n) is 4.16. The highest BCUT2D eigenvalue weighted by molar-refractivity contribution is 7.08. The number of carbonyl (C=O) groups excluding carboxylic acids is 2. The Morgan fingerprint density at radius 1 is 1.15 bits per heavy atom. The van der Waals surface area contributed by atoms with Crippen LogP contribution in [-0.4, -0.2) is 11.9 Å². The van der Waals surface area contributed by atoms with Crippen molar-refractivity contribution in [3.8, 4) is 0 Å². The standard InChI is InChI=1S/C14H9ClN2O2S/c15-10-1-3-11(4-2-10)17-13(18)12(16-14(17)19)7-9-5-6-20-8-9/h1-8H,(H,16,19)/b12-7+. The monoisotopic (exact) mass is 304 g/mol. The number of halogens is 1. The molecule has 1 aliphatic heterocycles. The molecule has 0 bridgehead atoms. The number of thiophene rings is 1. The number of imide groups is 1. The molecule has 0 atom stereocenters. The van der Waals surface area contributed by atoms with Gasteiger partial charge in [0.25, 0.3) is 5.91 Å². The summed E-state index contributed by atoms with van der Waals surface area (Å²) >= 11 is 7.33. The summed E-state index contributed by atoms with van der Waals surface area (Å²) in [5.41, 5.74) is 1.64. The second-order valence-corrected chi connectivity index (χ2v) is 5.38. The van der Waals surface area contributed by atoms with Crippen molar-refractivity contribution in [1.29, 1.82) is 0 Å². The molecule has 1 saturated heterocycles. The van der Waals surface area contributed by atoms with Crippen molar-refractivity contribution in [1.82, 2.24) is 5.32 Å². The fraction of sp³-hybridized carbons (Fsp3) is 0. The Balaban J connectivity index is 1.93. The number of nitrogens with one attached hydrogen (secondary N) is 1. The van der Waals surface area contributed by atoms with Crippen LogP contribution in [0, 0.1) is 0 Å². The van der Waals surface area contributed by atoms with Crippen molar-refractivity contribution < 1.29 is 9.59 Å². The number of anilines is 1. The maximum Gasteiger partial charge on any atom is 0.333 e. The molecule has 1 N–H and O–H groups in total. The lowest BCUT2D eigenvalue weighted by molar-refractivity contribution is -0.113. The lowest BCUT2D eigenvalue weighted by Crippen LogP contribution is -2.30. The average molecular weight is 305 g/mol. The third-order valence-corrected chi connectivity index (χ3v) is 3.77. The van der Waals surface area contributed by atoms with Crippen molar-refractivity contribution in [2.45, 2.75) is 0 Å². The Labute approximate surface area is 124 Å². The smallest absolute Gasteiger partial charge is 0.302 e. The normalized spacial score (nSPS) is 16.9. The van der Waals surface area contributed by atoms with Crippen LogP contribution in [0.5, 0.6) is 0 Å². The van der Waals surface area contributed by atoms with E-state index in [9.17, 15) is 9.59 Å². The van der Waals surface area contributed by atoms with Gasteiger partial charge in [-0.3, -0.25) is 4.79 Å². The first-order valence-corrected chi connectivity index (χ1v) is 7.12. The van der Waals surface area contributed by atoms with Crippen LogP contribution < -0.4 is 10.2 Å². The maximum absolute atomic E-state index is 12.3. The number of rotatable bonds is 2. The van der Waals surface area contributed by atoms with Crippen LogP contribution in [0.2, 0.25) is 5.02 Å². The Morgan fingerprint density at radius 2 is 1.90 bits per heavy atom. The van der Waals surface area contributed by atoms with Crippen LogP contribution in [-0.2, 0) is 4.79 Å². The Bertz CT molecular complexity index is 692. The molecule has 4 nitrogen and oxygen atoms in total. The molecule has 2 aromatic rings. The Kier molecular flexibility index (Phi) is 3.30. The number of hydrogen-bond donors (Lipinski definition) is 1. The molecule has 1 aliphatic rings. The Hall–Kier alpha value is -2.11. The van der Waals surface area contributed by atoms with E-state index in [0.717, 1.165) is 10.5 Å². The van der Waals surface area contributed by atoms with Gasteiger partial charge in [0.05, 0.1) is 5.69 Å². The predicted molar refractivity (Wildman–Crippen MR) is 79.8 cm³/mol. The summed E-state index contributed by atoms with van der Waals surface area (Å²) in [7, 11) is 0. The van der Waals surface area contributed by atoms with Crippen LogP contribution in [0.4, 0.5) is 10.5 Å². The Morgan fingerprint density at radius 3 is 2.55 bits per heavy atom. The molecule has 0 spiro atoms. The van der Waals surface area contributed by atoms with Crippen LogP contribution in [0.15, 0.2) is 46.8 Å². The first-order valence-electron chi connectivity index (χ1n) is 5.80. The zero-order valence-electron chi connectivity index (χ0n) is 10.2. The van der Waals surface area contributed by atoms with Gasteiger partial charge in [0.2, 0.25) is 0 Å². The summed E-state index contributed by atoms with van der Waals surface area (Å²) in [6.07, 6.45) is 1.66. The number of amides is 3. The first-order chi connectivity index (χ1) is 9.65. The topological polar surface area (TPSA) is 49.4 Å². The maximum atomic E-state index is 12.3. The molecule has 3 rings (SSSR count). The van der Waals surface area contributed by atoms with Crippen molar-refractivity contribution >= 4 is 46.6 Å². The molecule has 2 heterocycles. The zero-order chi connectivity index (χ0) is 14.1. The highest BCUT2D eigenvalue weighted by Crippen LogP contribution is 2.24. The minimum absolute atomic E-state index is 0.267. The molecule has 20 heavy (non-hydrogen) atoms. The molecular weight excluding hydrogens is 296 g/mol. The van der Waals surface area contributed by atoms with Gasteiger partial charge in [0, 0.05) is 5.02 Å². The summed E-state index contributed by atoms with van der Waals surface area (Å²) in [5, 5.41) is 6.93. The lowest BCUT2D eigenvalue weighted by atomic mass is 10.2. The van der Waals surface area contributed by atoms with E-state index in [1.165, 1.54) is 11.3 Å². The molecule has 0 aliphatic carbocycles. The van der Waals surface area contributed by atoms with E-state index in [1.54, 1.807) is 30.3 Å². The largest absolute Gasteiger partial charge is 0.333 e. The van der Waals surface area contributed by atoms with E-state index in [-0.39, 0.29) is 11.6 Å². The SMILES string of the molecule is O=C1N/C(=C/c2ccsc2)C(=O)N1c1ccc(Cl)cc1. The fourth-order valence-electron chi connectivity index (χ4n) is 1.88. The highest BCUT2D eigenvalue weighted by atomic mass is 35.5. The van der Waals surface area contributed by atoms with Crippen LogP contribution in [0.25, 0.3) is 6.08 Å². The van der Waals surface area contributed by atoms with Crippen LogP contribution >= 0.6 is 22.9 Å². The third-order valence-electron chi connectivity index (χ3n) is 2.82. The van der Waals surface area contributed by atoms with Crippen molar-refractivity contribution in [2.24, 2.45) is 0 Å². The number of nitrogens with zero attached hydrogens (tertiary/aromatic N) is 1. The van der Waals surface area contributed by atoms with Crippen molar-refractivity contribution in [3.05, 3.63) is 57.4 Å². The van der Waals surface area contributed by atoms with E-state index in [4.69, 9.17) is 11.6 Å². The predicted octanol–water partition coefficient (Wildman–Crippen LogP) is 3.50. The summed E-state index contributed by atoms with van der Waals surface area (Å²) in [6, 6.07) is 7.96. The summed E-state index contributed by atoms with van der Waals surface area (Å²) in [6.45, 7) is 0. The molecule has 0 unspecified atom stereocenters. The minimum Gasteiger partial charge on any atom is -0.302 e. The van der Waals surface area contributed by atoms with Gasteiger partial charge in [0.1, 0.15) is 5.70 Å². The first kappa shape index (κ1) is 12.9. The highest BCUT2D eigenvalue weighted by Gasteiger charge is 2.34. The van der Waals surface area contributed by atoms with Crippen LogP contribution in [0.3, 0.4) is 0 Å². The lowest BCUT2D eigenvalue weighted by Gasteiger charge is -2.11. The van der Waals surface area contributed by atoms with Crippen molar-refractivity contribution in [2.75, 3.05) is 4.90 Å². The zero-order valence-corrected chi connectivity index (χ0v) is 11.7. The van der Waals surface area contributed by atoms with E-state index < -0.39 is 6.03 Å². The van der Waals surface area contributed by atoms with E-state index in [1.807, 2.05) is 16.8 Å². The number of urea groups is 1. The second kappa shape index (κ2) is 5.11. The molecule has 6 heteroatoms. The van der Waals surface area contributed by atoms with Crippen LogP contribution in [0.1, 0.15) is 5.56 Å². The number of benzene rings is 1. The van der Waals surface area contributed by atoms with E-state index in [2.05, 4.69) is 5.32 Å². The van der Waals surface area contributed by atoms with Gasteiger partial charge < -0.3 is 5.32 Å². The van der Waals surface area contributed by atoms with Gasteiger partial charge in [-0.2, -0.15) is 11.3 Å². The molecular formula is C14H9ClN2O2S. The third kappa shape index (κ3) is 2.33. The number of carbonyl (C=O) groups is 2. The molecule has 1 aromatic carbocycles. The number of hydrogen-bond acceptors (Lipinski definition) is 3.